The SMILES string of the molecule is CCCCOc1ncccc1CNC(=O)c1n[nH]c(CCC)c1[N+](=O)[O-]. The van der Waals surface area contributed by atoms with E-state index in [4.69, 9.17) is 4.74 Å². The first-order valence-electron chi connectivity index (χ1n) is 8.64. The molecular formula is C17H23N5O4. The first kappa shape index (κ1) is 19.4. The molecule has 0 aromatic carbocycles. The van der Waals surface area contributed by atoms with Crippen LogP contribution in [-0.2, 0) is 13.0 Å². The second-order valence-electron chi connectivity index (χ2n) is 5.76. The van der Waals surface area contributed by atoms with E-state index in [1.54, 1.807) is 18.3 Å². The predicted octanol–water partition coefficient (Wildman–Crippen LogP) is 2.77. The number of nitrogens with one attached hydrogen (secondary N) is 2. The van der Waals surface area contributed by atoms with Crippen LogP contribution in [-0.4, -0.2) is 32.6 Å². The van der Waals surface area contributed by atoms with Crippen LogP contribution < -0.4 is 10.1 Å². The number of nitro groups is 1. The number of rotatable bonds is 10. The molecule has 0 spiro atoms. The van der Waals surface area contributed by atoms with E-state index in [1.165, 1.54) is 0 Å². The smallest absolute Gasteiger partial charge is 0.322 e. The van der Waals surface area contributed by atoms with Crippen molar-refractivity contribution in [3.8, 4) is 5.88 Å². The molecule has 0 unspecified atom stereocenters. The summed E-state index contributed by atoms with van der Waals surface area (Å²) in [6.45, 7) is 4.64. The van der Waals surface area contributed by atoms with Gasteiger partial charge in [0.2, 0.25) is 11.6 Å². The molecule has 26 heavy (non-hydrogen) atoms. The van der Waals surface area contributed by atoms with Crippen molar-refractivity contribution in [3.05, 3.63) is 45.4 Å². The summed E-state index contributed by atoms with van der Waals surface area (Å²) in [6.07, 6.45) is 4.68. The molecule has 2 N–H and O–H groups in total. The number of aromatic nitrogens is 3. The van der Waals surface area contributed by atoms with E-state index in [0.29, 0.717) is 36.6 Å². The lowest BCUT2D eigenvalue weighted by Crippen LogP contribution is -2.24. The number of H-pyrrole nitrogens is 1. The molecule has 0 atom stereocenters. The maximum absolute atomic E-state index is 12.4. The van der Waals surface area contributed by atoms with Crippen molar-refractivity contribution in [3.63, 3.8) is 0 Å². The Morgan fingerprint density at radius 3 is 2.88 bits per heavy atom. The monoisotopic (exact) mass is 361 g/mol. The summed E-state index contributed by atoms with van der Waals surface area (Å²) >= 11 is 0. The molecule has 9 heteroatoms. The van der Waals surface area contributed by atoms with Crippen molar-refractivity contribution >= 4 is 11.6 Å². The number of hydrogen-bond acceptors (Lipinski definition) is 6. The first-order valence-corrected chi connectivity index (χ1v) is 8.64. The van der Waals surface area contributed by atoms with Crippen molar-refractivity contribution in [2.75, 3.05) is 6.61 Å². The van der Waals surface area contributed by atoms with Crippen LogP contribution in [0.25, 0.3) is 0 Å². The normalized spacial score (nSPS) is 10.5. The average molecular weight is 361 g/mol. The van der Waals surface area contributed by atoms with Gasteiger partial charge >= 0.3 is 5.69 Å². The number of nitrogens with zero attached hydrogens (tertiary/aromatic N) is 3. The maximum Gasteiger partial charge on any atom is 0.322 e. The zero-order chi connectivity index (χ0) is 18.9. The highest BCUT2D eigenvalue weighted by molar-refractivity contribution is 5.96. The highest BCUT2D eigenvalue weighted by Crippen LogP contribution is 2.22. The van der Waals surface area contributed by atoms with Crippen molar-refractivity contribution in [1.82, 2.24) is 20.5 Å². The van der Waals surface area contributed by atoms with E-state index in [-0.39, 0.29) is 17.9 Å². The molecule has 2 rings (SSSR count). The van der Waals surface area contributed by atoms with Gasteiger partial charge in [0, 0.05) is 18.3 Å². The summed E-state index contributed by atoms with van der Waals surface area (Å²) in [7, 11) is 0. The number of ether oxygens (including phenoxy) is 1. The Labute approximate surface area is 151 Å². The summed E-state index contributed by atoms with van der Waals surface area (Å²) < 4.78 is 5.62. The number of hydrogen-bond donors (Lipinski definition) is 2. The van der Waals surface area contributed by atoms with Gasteiger partial charge in [0.15, 0.2) is 0 Å². The molecule has 0 aliphatic heterocycles. The van der Waals surface area contributed by atoms with Gasteiger partial charge in [-0.15, -0.1) is 0 Å². The molecule has 2 aromatic rings. The average Bonchev–Trinajstić information content (AvgIpc) is 3.05. The fourth-order valence-corrected chi connectivity index (χ4v) is 2.41. The van der Waals surface area contributed by atoms with Crippen molar-refractivity contribution < 1.29 is 14.5 Å². The highest BCUT2D eigenvalue weighted by atomic mass is 16.6. The largest absolute Gasteiger partial charge is 0.477 e. The number of aryl methyl sites for hydroxylation is 1. The molecule has 0 fully saturated rings. The zero-order valence-corrected chi connectivity index (χ0v) is 14.9. The van der Waals surface area contributed by atoms with E-state index in [1.807, 2.05) is 6.92 Å². The van der Waals surface area contributed by atoms with Gasteiger partial charge in [-0.1, -0.05) is 32.8 Å². The molecule has 9 nitrogen and oxygen atoms in total. The Bertz CT molecular complexity index is 759. The summed E-state index contributed by atoms with van der Waals surface area (Å²) in [5, 5.41) is 20.4. The minimum Gasteiger partial charge on any atom is -0.477 e. The lowest BCUT2D eigenvalue weighted by molar-refractivity contribution is -0.385. The first-order chi connectivity index (χ1) is 12.6. The Kier molecular flexibility index (Phi) is 7.07. The van der Waals surface area contributed by atoms with E-state index < -0.39 is 10.8 Å². The van der Waals surface area contributed by atoms with Crippen LogP contribution in [0.4, 0.5) is 5.69 Å². The van der Waals surface area contributed by atoms with Crippen LogP contribution in [0.3, 0.4) is 0 Å². The van der Waals surface area contributed by atoms with Gasteiger partial charge in [0.05, 0.1) is 11.5 Å². The van der Waals surface area contributed by atoms with E-state index in [9.17, 15) is 14.9 Å². The number of amides is 1. The molecule has 0 saturated carbocycles. The number of aromatic amines is 1. The zero-order valence-electron chi connectivity index (χ0n) is 14.9. The Balaban J connectivity index is 2.09. The van der Waals surface area contributed by atoms with E-state index in [2.05, 4.69) is 27.4 Å². The number of unbranched alkanes of at least 4 members (excludes halogenated alkanes) is 1. The van der Waals surface area contributed by atoms with Crippen molar-refractivity contribution in [2.24, 2.45) is 0 Å². The maximum atomic E-state index is 12.4. The lowest BCUT2D eigenvalue weighted by atomic mass is 10.2. The molecule has 0 aliphatic rings. The van der Waals surface area contributed by atoms with Gasteiger partial charge in [-0.25, -0.2) is 4.98 Å². The molecule has 2 aromatic heterocycles. The van der Waals surface area contributed by atoms with Crippen LogP contribution in [0, 0.1) is 10.1 Å². The lowest BCUT2D eigenvalue weighted by Gasteiger charge is -2.10. The third-order valence-corrected chi connectivity index (χ3v) is 3.74. The van der Waals surface area contributed by atoms with Crippen molar-refractivity contribution in [1.29, 1.82) is 0 Å². The minimum atomic E-state index is -0.612. The predicted molar refractivity (Wildman–Crippen MR) is 95.0 cm³/mol. The third kappa shape index (κ3) is 4.78. The standard InChI is InChI=1S/C17H23N5O4/c1-3-5-10-26-17-12(8-6-9-18-17)11-19-16(23)14-15(22(24)25)13(7-4-2)20-21-14/h6,8-9H,3-5,7,10-11H2,1-2H3,(H,19,23)(H,20,21). The van der Waals surface area contributed by atoms with Crippen LogP contribution in [0.5, 0.6) is 5.88 Å². The fraction of sp³-hybridized carbons (Fsp3) is 0.471. The van der Waals surface area contributed by atoms with Gasteiger partial charge in [0.25, 0.3) is 5.91 Å². The quantitative estimate of drug-likeness (QED) is 0.381. The summed E-state index contributed by atoms with van der Waals surface area (Å²) in [5.74, 6) is -0.164. The van der Waals surface area contributed by atoms with Gasteiger partial charge < -0.3 is 10.1 Å². The van der Waals surface area contributed by atoms with E-state index >= 15 is 0 Å². The topological polar surface area (TPSA) is 123 Å². The number of carbonyl (C=O) groups is 1. The van der Waals surface area contributed by atoms with Gasteiger partial charge in [-0.3, -0.25) is 20.0 Å². The van der Waals surface area contributed by atoms with Crippen LogP contribution >= 0.6 is 0 Å². The second kappa shape index (κ2) is 9.50. The number of carbonyl (C=O) groups excluding carboxylic acids is 1. The Morgan fingerprint density at radius 1 is 1.38 bits per heavy atom. The molecule has 140 valence electrons. The molecule has 2 heterocycles. The van der Waals surface area contributed by atoms with Gasteiger partial charge in [-0.2, -0.15) is 5.10 Å². The highest BCUT2D eigenvalue weighted by Gasteiger charge is 2.28. The third-order valence-electron chi connectivity index (χ3n) is 3.74. The molecular weight excluding hydrogens is 338 g/mol. The minimum absolute atomic E-state index is 0.140. The molecule has 0 radical (unpaired) electrons. The Hall–Kier alpha value is -2.97. The van der Waals surface area contributed by atoms with Crippen molar-refractivity contribution in [2.45, 2.75) is 46.1 Å². The summed E-state index contributed by atoms with van der Waals surface area (Å²) in [5.41, 5.74) is 0.572. The van der Waals surface area contributed by atoms with Crippen LogP contribution in [0.15, 0.2) is 18.3 Å². The molecule has 1 amide bonds. The van der Waals surface area contributed by atoms with Crippen LogP contribution in [0.1, 0.15) is 54.9 Å². The van der Waals surface area contributed by atoms with Gasteiger partial charge in [0.1, 0.15) is 5.69 Å². The summed E-state index contributed by atoms with van der Waals surface area (Å²) in [4.78, 5) is 27.3. The van der Waals surface area contributed by atoms with E-state index in [0.717, 1.165) is 12.8 Å². The summed E-state index contributed by atoms with van der Waals surface area (Å²) in [6, 6.07) is 3.53. The molecule has 0 bridgehead atoms. The second-order valence-corrected chi connectivity index (χ2v) is 5.76. The Morgan fingerprint density at radius 2 is 2.19 bits per heavy atom. The van der Waals surface area contributed by atoms with Gasteiger partial charge in [-0.05, 0) is 18.9 Å². The molecule has 0 aliphatic carbocycles. The number of pyridine rings is 1. The fourth-order valence-electron chi connectivity index (χ4n) is 2.41. The molecule has 0 saturated heterocycles. The van der Waals surface area contributed by atoms with Crippen LogP contribution in [0.2, 0.25) is 0 Å².